The normalized spacial score (nSPS) is 14.8. The molecule has 0 radical (unpaired) electrons. The van der Waals surface area contributed by atoms with Gasteiger partial charge in [0, 0.05) is 24.5 Å². The molecule has 10 heteroatoms. The molecular formula is C22H22ClFN4O4. The van der Waals surface area contributed by atoms with Gasteiger partial charge in [0.1, 0.15) is 25.0 Å². The van der Waals surface area contributed by atoms with Gasteiger partial charge in [0.2, 0.25) is 0 Å². The quantitative estimate of drug-likeness (QED) is 0.502. The zero-order chi connectivity index (χ0) is 22.5. The summed E-state index contributed by atoms with van der Waals surface area (Å²) < 4.78 is 31.0. The third-order valence-electron chi connectivity index (χ3n) is 5.28. The van der Waals surface area contributed by atoms with E-state index < -0.39 is 5.82 Å². The smallest absolute Gasteiger partial charge is 0.294 e. The van der Waals surface area contributed by atoms with Gasteiger partial charge in [-0.15, -0.1) is 0 Å². The Bertz CT molecular complexity index is 1110. The summed E-state index contributed by atoms with van der Waals surface area (Å²) in [6, 6.07) is 8.27. The van der Waals surface area contributed by atoms with Gasteiger partial charge in [-0.05, 0) is 31.0 Å². The van der Waals surface area contributed by atoms with Crippen LogP contribution in [0.1, 0.15) is 12.8 Å². The van der Waals surface area contributed by atoms with Crippen LogP contribution in [0.4, 0.5) is 15.9 Å². The summed E-state index contributed by atoms with van der Waals surface area (Å²) in [7, 11) is 1.56. The molecule has 8 nitrogen and oxygen atoms in total. The molecule has 0 amide bonds. The van der Waals surface area contributed by atoms with Crippen LogP contribution >= 0.6 is 11.6 Å². The largest absolute Gasteiger partial charge is 0.493 e. The van der Waals surface area contributed by atoms with Crippen LogP contribution in [0.25, 0.3) is 10.9 Å². The summed E-state index contributed by atoms with van der Waals surface area (Å²) >= 11 is 5.90. The van der Waals surface area contributed by atoms with E-state index in [4.69, 9.17) is 25.8 Å². The standard InChI is InChI=1S/C22H22ClFN4O4/c1-30-19-10-18-15(9-20(19)32-14-5-7-28(8-6-14)12-31-13-29)22(26-11-25-18)27-17-4-2-3-16(23)21(17)24/h2-4,9-11,13-14H,5-8,12H2,1H3,(H,25,26,27). The van der Waals surface area contributed by atoms with Gasteiger partial charge in [-0.3, -0.25) is 9.69 Å². The second kappa shape index (κ2) is 9.97. The van der Waals surface area contributed by atoms with Crippen LogP contribution in [-0.4, -0.2) is 54.4 Å². The molecule has 0 bridgehead atoms. The SMILES string of the molecule is COc1cc2ncnc(Nc3cccc(Cl)c3F)c2cc1OC1CCN(COC=O)CC1. The summed E-state index contributed by atoms with van der Waals surface area (Å²) in [6.07, 6.45) is 2.91. The fourth-order valence-electron chi connectivity index (χ4n) is 3.61. The van der Waals surface area contributed by atoms with E-state index in [9.17, 15) is 9.18 Å². The first-order chi connectivity index (χ1) is 15.6. The Morgan fingerprint density at radius 3 is 2.81 bits per heavy atom. The van der Waals surface area contributed by atoms with Gasteiger partial charge < -0.3 is 19.5 Å². The predicted molar refractivity (Wildman–Crippen MR) is 118 cm³/mol. The minimum Gasteiger partial charge on any atom is -0.493 e. The lowest BCUT2D eigenvalue weighted by Gasteiger charge is -2.31. The highest BCUT2D eigenvalue weighted by atomic mass is 35.5. The second-order valence-corrected chi connectivity index (χ2v) is 7.70. The van der Waals surface area contributed by atoms with Crippen LogP contribution in [0.5, 0.6) is 11.5 Å². The lowest BCUT2D eigenvalue weighted by molar-refractivity contribution is -0.133. The van der Waals surface area contributed by atoms with Crippen molar-refractivity contribution in [2.75, 3.05) is 32.2 Å². The highest BCUT2D eigenvalue weighted by molar-refractivity contribution is 6.31. The van der Waals surface area contributed by atoms with Crippen LogP contribution in [0.2, 0.25) is 5.02 Å². The van der Waals surface area contributed by atoms with Crippen LogP contribution in [0.15, 0.2) is 36.7 Å². The summed E-state index contributed by atoms with van der Waals surface area (Å²) in [5.74, 6) is 0.954. The number of methoxy groups -OCH3 is 1. The molecule has 0 atom stereocenters. The fraction of sp³-hybridized carbons (Fsp3) is 0.318. The monoisotopic (exact) mass is 460 g/mol. The van der Waals surface area contributed by atoms with Crippen molar-refractivity contribution in [2.24, 2.45) is 0 Å². The Labute approximate surface area is 189 Å². The average molecular weight is 461 g/mol. The molecule has 168 valence electrons. The van der Waals surface area contributed by atoms with Gasteiger partial charge in [-0.25, -0.2) is 14.4 Å². The van der Waals surface area contributed by atoms with Gasteiger partial charge >= 0.3 is 0 Å². The summed E-state index contributed by atoms with van der Waals surface area (Å²) in [6.45, 7) is 2.23. The Hall–Kier alpha value is -3.17. The molecule has 0 spiro atoms. The third-order valence-corrected chi connectivity index (χ3v) is 5.57. The molecule has 4 rings (SSSR count). The zero-order valence-corrected chi connectivity index (χ0v) is 18.1. The van der Waals surface area contributed by atoms with Crippen LogP contribution in [-0.2, 0) is 9.53 Å². The van der Waals surface area contributed by atoms with E-state index in [2.05, 4.69) is 15.3 Å². The zero-order valence-electron chi connectivity index (χ0n) is 17.4. The molecule has 0 saturated carbocycles. The molecular weight excluding hydrogens is 439 g/mol. The second-order valence-electron chi connectivity index (χ2n) is 7.30. The van der Waals surface area contributed by atoms with Crippen molar-refractivity contribution in [1.82, 2.24) is 14.9 Å². The van der Waals surface area contributed by atoms with Gasteiger partial charge in [-0.1, -0.05) is 17.7 Å². The first-order valence-electron chi connectivity index (χ1n) is 10.1. The first-order valence-corrected chi connectivity index (χ1v) is 10.4. The summed E-state index contributed by atoms with van der Waals surface area (Å²) in [5, 5.41) is 3.66. The minimum absolute atomic E-state index is 0.0175. The number of carbonyl (C=O) groups is 1. The maximum absolute atomic E-state index is 14.4. The highest BCUT2D eigenvalue weighted by Gasteiger charge is 2.23. The lowest BCUT2D eigenvalue weighted by atomic mass is 10.1. The van der Waals surface area contributed by atoms with Gasteiger partial charge in [-0.2, -0.15) is 0 Å². The number of aromatic nitrogens is 2. The molecule has 2 heterocycles. The van der Waals surface area contributed by atoms with Crippen LogP contribution in [0, 0.1) is 5.82 Å². The molecule has 0 unspecified atom stereocenters. The van der Waals surface area contributed by atoms with Crippen molar-refractivity contribution in [3.8, 4) is 11.5 Å². The topological polar surface area (TPSA) is 85.8 Å². The number of hydrogen-bond donors (Lipinski definition) is 1. The number of carbonyl (C=O) groups excluding carboxylic acids is 1. The summed E-state index contributed by atoms with van der Waals surface area (Å²) in [4.78, 5) is 21.0. The maximum Gasteiger partial charge on any atom is 0.294 e. The van der Waals surface area contributed by atoms with Crippen molar-refractivity contribution in [2.45, 2.75) is 18.9 Å². The Kier molecular flexibility index (Phi) is 6.87. The molecule has 1 N–H and O–H groups in total. The van der Waals surface area contributed by atoms with E-state index >= 15 is 0 Å². The van der Waals surface area contributed by atoms with E-state index in [1.165, 1.54) is 12.4 Å². The number of nitrogens with one attached hydrogen (secondary N) is 1. The van der Waals surface area contributed by atoms with Gasteiger partial charge in [0.15, 0.2) is 17.3 Å². The van der Waals surface area contributed by atoms with Gasteiger partial charge in [0.05, 0.1) is 23.3 Å². The van der Waals surface area contributed by atoms with Crippen molar-refractivity contribution in [1.29, 1.82) is 0 Å². The number of piperidine rings is 1. The van der Waals surface area contributed by atoms with Crippen molar-refractivity contribution < 1.29 is 23.4 Å². The maximum atomic E-state index is 14.4. The Morgan fingerprint density at radius 2 is 2.06 bits per heavy atom. The van der Waals surface area contributed by atoms with E-state index in [1.807, 2.05) is 4.90 Å². The van der Waals surface area contributed by atoms with Gasteiger partial charge in [0.25, 0.3) is 6.47 Å². The molecule has 1 aliphatic rings. The van der Waals surface area contributed by atoms with Crippen molar-refractivity contribution >= 4 is 40.5 Å². The van der Waals surface area contributed by atoms with E-state index in [0.717, 1.165) is 25.9 Å². The number of anilines is 2. The average Bonchev–Trinajstić information content (AvgIpc) is 2.81. The summed E-state index contributed by atoms with van der Waals surface area (Å²) in [5.41, 5.74) is 0.829. The number of halogens is 2. The molecule has 1 saturated heterocycles. The van der Waals surface area contributed by atoms with Crippen LogP contribution < -0.4 is 14.8 Å². The third kappa shape index (κ3) is 4.84. The Balaban J connectivity index is 1.58. The Morgan fingerprint density at radius 1 is 1.25 bits per heavy atom. The van der Waals surface area contributed by atoms with E-state index in [-0.39, 0.29) is 23.5 Å². The lowest BCUT2D eigenvalue weighted by Crippen LogP contribution is -2.39. The fourth-order valence-corrected chi connectivity index (χ4v) is 3.79. The number of nitrogens with zero attached hydrogens (tertiary/aromatic N) is 3. The molecule has 3 aromatic rings. The van der Waals surface area contributed by atoms with E-state index in [1.54, 1.807) is 31.4 Å². The van der Waals surface area contributed by atoms with E-state index in [0.29, 0.717) is 34.7 Å². The van der Waals surface area contributed by atoms with Crippen molar-refractivity contribution in [3.63, 3.8) is 0 Å². The molecule has 1 aromatic heterocycles. The number of likely N-dealkylation sites (tertiary alicyclic amines) is 1. The predicted octanol–water partition coefficient (Wildman–Crippen LogP) is 4.15. The first kappa shape index (κ1) is 22.0. The molecule has 0 aliphatic carbocycles. The molecule has 1 fully saturated rings. The number of rotatable bonds is 8. The highest BCUT2D eigenvalue weighted by Crippen LogP contribution is 2.36. The molecule has 32 heavy (non-hydrogen) atoms. The van der Waals surface area contributed by atoms with Crippen molar-refractivity contribution in [3.05, 3.63) is 47.5 Å². The number of benzene rings is 2. The molecule has 1 aliphatic heterocycles. The number of hydrogen-bond acceptors (Lipinski definition) is 8. The number of ether oxygens (including phenoxy) is 3. The van der Waals surface area contributed by atoms with Crippen LogP contribution in [0.3, 0.4) is 0 Å². The number of fused-ring (bicyclic) bond motifs is 1. The minimum atomic E-state index is -0.559. The molecule has 2 aromatic carbocycles.